The summed E-state index contributed by atoms with van der Waals surface area (Å²) in [5.74, 6) is 15.9. The van der Waals surface area contributed by atoms with Crippen LogP contribution in [-0.4, -0.2) is 107 Å². The van der Waals surface area contributed by atoms with Gasteiger partial charge in [-0.1, -0.05) is 133 Å². The van der Waals surface area contributed by atoms with E-state index in [0.29, 0.717) is 0 Å². The van der Waals surface area contributed by atoms with Crippen molar-refractivity contribution in [1.82, 2.24) is 14.7 Å². The maximum atomic E-state index is 3.44. The molecule has 18 fully saturated rings. The van der Waals surface area contributed by atoms with Crippen LogP contribution in [0.15, 0.2) is 0 Å². The highest BCUT2D eigenvalue weighted by molar-refractivity contribution is 8.01. The molecular weight excluding hydrogens is 1010 g/mol. The van der Waals surface area contributed by atoms with Crippen LogP contribution in [0.5, 0.6) is 0 Å². The van der Waals surface area contributed by atoms with Crippen LogP contribution in [0.2, 0.25) is 17.5 Å². The number of rotatable bonds is 6. The third-order valence-electron chi connectivity index (χ3n) is 31.3. The van der Waals surface area contributed by atoms with Crippen LogP contribution in [0.25, 0.3) is 0 Å². The van der Waals surface area contributed by atoms with Gasteiger partial charge in [0.1, 0.15) is 6.71 Å². The van der Waals surface area contributed by atoms with Gasteiger partial charge in [-0.2, -0.15) is 35.3 Å². The summed E-state index contributed by atoms with van der Waals surface area (Å²) >= 11 is 7.84. The van der Waals surface area contributed by atoms with Gasteiger partial charge in [0.05, 0.1) is 0 Å². The molecule has 12 aliphatic carbocycles. The monoisotopic (exact) mass is 1130 g/mol. The lowest BCUT2D eigenvalue weighted by Gasteiger charge is -2.50. The predicted octanol–water partition coefficient (Wildman–Crippen LogP) is 18.2. The van der Waals surface area contributed by atoms with E-state index < -0.39 is 0 Å². The summed E-state index contributed by atoms with van der Waals surface area (Å²) < 4.78 is 0. The first-order valence-corrected chi connectivity index (χ1v) is 40.3. The highest BCUT2D eigenvalue weighted by Gasteiger charge is 2.65. The molecule has 12 saturated carbocycles. The maximum Gasteiger partial charge on any atom is 0.149 e. The SMILES string of the molecule is C1CCC2C(C1)SC1C2CCC2C1C1CCCCC1N2C1CCC(B(C2CCC(N3C4CCCCC4C4C5SC6CCCCC6C5CCC43)CC2)C2CCC(N3C4CCCCC4C4C5SC6CCCCC6C5CCC43)CC2)CC1. The first-order valence-electron chi connectivity index (χ1n) is 37.5. The molecule has 0 N–H and O–H groups in total. The van der Waals surface area contributed by atoms with Crippen LogP contribution >= 0.6 is 35.3 Å². The maximum absolute atomic E-state index is 3.44. The number of thioether (sulfide) groups is 3. The van der Waals surface area contributed by atoms with Crippen molar-refractivity contribution in [3.8, 4) is 0 Å². The van der Waals surface area contributed by atoms with Crippen molar-refractivity contribution in [3.63, 3.8) is 0 Å². The van der Waals surface area contributed by atoms with E-state index in [4.69, 9.17) is 0 Å². The Morgan fingerprint density at radius 2 is 0.481 bits per heavy atom. The number of likely N-dealkylation sites (tertiary alicyclic amines) is 3. The van der Waals surface area contributed by atoms with Crippen LogP contribution in [0.3, 0.4) is 0 Å². The van der Waals surface area contributed by atoms with Gasteiger partial charge in [0.25, 0.3) is 0 Å². The predicted molar refractivity (Wildman–Crippen MR) is 338 cm³/mol. The Morgan fingerprint density at radius 3 is 0.785 bits per heavy atom. The molecule has 6 saturated heterocycles. The van der Waals surface area contributed by atoms with Gasteiger partial charge in [-0.15, -0.1) is 0 Å². The standard InChI is InChI=1S/C72H114BN3S3/c1-7-19-58-55(16-1)67-61(40-37-52-49-13-4-10-22-64(49)77-70(52)67)74(58)46-31-25-43(26-32-46)73(44-27-33-47(34-28-44)75-59-20-8-2-17-56(59)68-62(75)41-38-53-50-14-5-11-23-65(50)78-71(53)68)45-29-35-48(36-30-45)76-60-21-9-3-18-57(60)69-63(76)42-39-54-51-15-6-12-24-66(51)79-72(54)69/h43-72H,1-42H2. The number of nitrogens with zero attached hydrogens (tertiary/aromatic N) is 3. The van der Waals surface area contributed by atoms with E-state index in [-0.39, 0.29) is 0 Å². The minimum atomic E-state index is 0.918. The molecule has 6 heterocycles. The number of hydrogen-bond acceptors (Lipinski definition) is 6. The molecule has 0 aromatic carbocycles. The smallest absolute Gasteiger partial charge is 0.149 e. The van der Waals surface area contributed by atoms with Crippen molar-refractivity contribution in [3.05, 3.63) is 0 Å². The van der Waals surface area contributed by atoms with Crippen molar-refractivity contribution in [2.45, 2.75) is 373 Å². The van der Waals surface area contributed by atoms with Crippen molar-refractivity contribution in [2.24, 2.45) is 71.0 Å². The van der Waals surface area contributed by atoms with Gasteiger partial charge in [0.2, 0.25) is 0 Å². The Balaban J connectivity index is 0.595. The van der Waals surface area contributed by atoms with Crippen LogP contribution in [0.4, 0.5) is 0 Å². The molecule has 18 aliphatic rings. The Kier molecular flexibility index (Phi) is 14.7. The van der Waals surface area contributed by atoms with E-state index in [1.807, 2.05) is 0 Å². The minimum Gasteiger partial charge on any atom is -0.294 e. The molecule has 24 unspecified atom stereocenters. The third-order valence-corrected chi connectivity index (χ3v) is 37.0. The van der Waals surface area contributed by atoms with Gasteiger partial charge >= 0.3 is 0 Å². The minimum absolute atomic E-state index is 0.918. The van der Waals surface area contributed by atoms with Gasteiger partial charge in [0.15, 0.2) is 0 Å². The zero-order chi connectivity index (χ0) is 51.4. The summed E-state index contributed by atoms with van der Waals surface area (Å²) in [6.07, 6.45) is 66.1. The van der Waals surface area contributed by atoms with Gasteiger partial charge in [-0.05, 0) is 225 Å². The summed E-state index contributed by atoms with van der Waals surface area (Å²) in [5.41, 5.74) is 0. The second-order valence-electron chi connectivity index (χ2n) is 33.6. The molecular formula is C72H114BN3S3. The molecule has 24 atom stereocenters. The van der Waals surface area contributed by atoms with Crippen molar-refractivity contribution in [2.75, 3.05) is 0 Å². The van der Waals surface area contributed by atoms with Crippen molar-refractivity contribution >= 4 is 42.0 Å². The average molecular weight is 1130 g/mol. The highest BCUT2D eigenvalue weighted by atomic mass is 32.2. The van der Waals surface area contributed by atoms with Gasteiger partial charge in [-0.25, -0.2) is 0 Å². The van der Waals surface area contributed by atoms with E-state index in [0.717, 1.165) is 181 Å². The lowest BCUT2D eigenvalue weighted by molar-refractivity contribution is 0.0518. The Bertz CT molecular complexity index is 1900. The summed E-state index contributed by atoms with van der Waals surface area (Å²) in [6, 6.07) is 8.46. The van der Waals surface area contributed by atoms with Crippen LogP contribution < -0.4 is 0 Å². The summed E-state index contributed by atoms with van der Waals surface area (Å²) in [5, 5.41) is 6.20. The fourth-order valence-corrected chi connectivity index (χ4v) is 36.0. The van der Waals surface area contributed by atoms with Crippen LogP contribution in [-0.2, 0) is 0 Å². The zero-order valence-electron chi connectivity index (χ0n) is 50.2. The molecule has 3 nitrogen and oxygen atoms in total. The normalized spacial score (nSPS) is 57.0. The number of fused-ring (bicyclic) bond motifs is 21. The molecule has 0 aromatic heterocycles. The van der Waals surface area contributed by atoms with Gasteiger partial charge in [-0.3, -0.25) is 14.7 Å². The second-order valence-corrected chi connectivity index (χ2v) is 37.9. The van der Waals surface area contributed by atoms with E-state index in [2.05, 4.69) is 50.0 Å². The highest BCUT2D eigenvalue weighted by Crippen LogP contribution is 2.67. The lowest BCUT2D eigenvalue weighted by Crippen LogP contribution is -2.52. The Labute approximate surface area is 497 Å². The molecule has 0 aromatic rings. The molecule has 0 radical (unpaired) electrons. The van der Waals surface area contributed by atoms with Crippen LogP contribution in [0.1, 0.15) is 270 Å². The zero-order valence-corrected chi connectivity index (χ0v) is 52.6. The van der Waals surface area contributed by atoms with E-state index in [1.54, 1.807) is 231 Å². The Hall–Kier alpha value is 0.995. The fourth-order valence-electron chi connectivity index (χ4n) is 29.0. The second kappa shape index (κ2) is 21.9. The van der Waals surface area contributed by atoms with E-state index in [1.165, 1.54) is 38.5 Å². The molecule has 0 bridgehead atoms. The quantitative estimate of drug-likeness (QED) is 0.244. The Morgan fingerprint density at radius 1 is 0.215 bits per heavy atom. The summed E-state index contributed by atoms with van der Waals surface area (Å²) in [6.45, 7) is 1.04. The summed E-state index contributed by atoms with van der Waals surface area (Å²) in [4.78, 5) is 10.3. The lowest BCUT2D eigenvalue weighted by atomic mass is 9.23. The number of hydrogen-bond donors (Lipinski definition) is 0. The third kappa shape index (κ3) is 8.70. The average Bonchev–Trinajstić information content (AvgIpc) is 4.33. The molecule has 18 rings (SSSR count). The molecule has 79 heavy (non-hydrogen) atoms. The molecule has 7 heteroatoms. The van der Waals surface area contributed by atoms with Gasteiger partial charge < -0.3 is 0 Å². The first-order chi connectivity index (χ1) is 39.2. The molecule has 438 valence electrons. The molecule has 0 amide bonds. The largest absolute Gasteiger partial charge is 0.294 e. The van der Waals surface area contributed by atoms with E-state index >= 15 is 0 Å². The topological polar surface area (TPSA) is 9.72 Å². The molecule has 6 aliphatic heterocycles. The molecule has 0 spiro atoms. The van der Waals surface area contributed by atoms with Crippen LogP contribution in [0, 0.1) is 71.0 Å². The van der Waals surface area contributed by atoms with Crippen molar-refractivity contribution in [1.29, 1.82) is 0 Å². The fraction of sp³-hybridized carbons (Fsp3) is 1.00. The van der Waals surface area contributed by atoms with Crippen molar-refractivity contribution < 1.29 is 0 Å². The van der Waals surface area contributed by atoms with Gasteiger partial charge in [0, 0.05) is 85.9 Å². The first kappa shape index (κ1) is 53.1. The van der Waals surface area contributed by atoms with E-state index in [9.17, 15) is 0 Å². The summed E-state index contributed by atoms with van der Waals surface area (Å²) in [7, 11) is 0.